The summed E-state index contributed by atoms with van der Waals surface area (Å²) in [5, 5.41) is 6.81. The molecule has 0 aliphatic carbocycles. The van der Waals surface area contributed by atoms with Crippen LogP contribution in [0.25, 0.3) is 0 Å². The van der Waals surface area contributed by atoms with Gasteiger partial charge in [0.15, 0.2) is 6.16 Å². The molecule has 4 aromatic carbocycles. The van der Waals surface area contributed by atoms with Crippen molar-refractivity contribution in [1.82, 2.24) is 0 Å². The van der Waals surface area contributed by atoms with Gasteiger partial charge in [0.05, 0.1) is 7.11 Å². The van der Waals surface area contributed by atoms with Gasteiger partial charge in [-0.2, -0.15) is 0 Å². The average Bonchev–Trinajstić information content (AvgIpc) is 2.86. The first-order valence-electron chi connectivity index (χ1n) is 11.0. The Hall–Kier alpha value is -2.32. The van der Waals surface area contributed by atoms with E-state index in [-0.39, 0.29) is 38.6 Å². The van der Waals surface area contributed by atoms with Crippen LogP contribution in [0.2, 0.25) is 0 Å². The van der Waals surface area contributed by atoms with Crippen molar-refractivity contribution in [2.24, 2.45) is 0 Å². The van der Waals surface area contributed by atoms with E-state index in [9.17, 15) is 4.79 Å². The van der Waals surface area contributed by atoms with Gasteiger partial charge in [-0.15, -0.1) is 0 Å². The van der Waals surface area contributed by atoms with Gasteiger partial charge in [-0.1, -0.05) is 54.6 Å². The zero-order valence-corrected chi connectivity index (χ0v) is 23.6. The molecule has 1 radical (unpaired) electrons. The van der Waals surface area contributed by atoms with E-state index >= 15 is 0 Å². The van der Waals surface area contributed by atoms with Crippen LogP contribution in [0.3, 0.4) is 0 Å². The van der Waals surface area contributed by atoms with Crippen molar-refractivity contribution in [3.63, 3.8) is 0 Å². The van der Waals surface area contributed by atoms with E-state index in [1.54, 1.807) is 7.11 Å². The van der Waals surface area contributed by atoms with Crippen LogP contribution in [0.4, 0.5) is 5.69 Å². The molecular formula is C29H29NO2PY+. The molecule has 4 aromatic rings. The van der Waals surface area contributed by atoms with Crippen molar-refractivity contribution in [2.75, 3.05) is 18.6 Å². The Labute approximate surface area is 228 Å². The predicted molar refractivity (Wildman–Crippen MR) is 141 cm³/mol. The van der Waals surface area contributed by atoms with Crippen LogP contribution < -0.4 is 26.0 Å². The molecule has 0 atom stereocenters. The summed E-state index contributed by atoms with van der Waals surface area (Å²) in [6.07, 6.45) is 0.385. The van der Waals surface area contributed by atoms with Crippen molar-refractivity contribution < 1.29 is 42.2 Å². The quantitative estimate of drug-likeness (QED) is 0.324. The van der Waals surface area contributed by atoms with Crippen molar-refractivity contribution in [3.05, 3.63) is 114 Å². The number of amides is 1. The van der Waals surface area contributed by atoms with Crippen LogP contribution in [0.1, 0.15) is 11.1 Å². The number of rotatable bonds is 7. The first-order chi connectivity index (χ1) is 16.0. The normalized spacial score (nSPS) is 10.8. The summed E-state index contributed by atoms with van der Waals surface area (Å²) in [5.41, 5.74) is 2.83. The maximum Gasteiger partial charge on any atom is 0.263 e. The van der Waals surface area contributed by atoms with E-state index in [4.69, 9.17) is 4.74 Å². The van der Waals surface area contributed by atoms with Crippen molar-refractivity contribution in [1.29, 1.82) is 0 Å². The summed E-state index contributed by atoms with van der Waals surface area (Å²) < 4.78 is 5.38. The van der Waals surface area contributed by atoms with Gasteiger partial charge >= 0.3 is 0 Å². The summed E-state index contributed by atoms with van der Waals surface area (Å²) in [7, 11) is -0.571. The minimum atomic E-state index is -2.23. The first-order valence-corrected chi connectivity index (χ1v) is 13.0. The predicted octanol–water partition coefficient (Wildman–Crippen LogP) is 5.24. The number of benzene rings is 4. The monoisotopic (exact) mass is 543 g/mol. The Kier molecular flexibility index (Phi) is 9.19. The number of aryl methyl sites for hydroxylation is 2. The molecule has 0 aliphatic heterocycles. The number of anilines is 1. The summed E-state index contributed by atoms with van der Waals surface area (Å²) in [6, 6.07) is 35.3. The number of ether oxygens (including phenoxy) is 1. The van der Waals surface area contributed by atoms with Gasteiger partial charge in [0, 0.05) is 38.4 Å². The second-order valence-electron chi connectivity index (χ2n) is 8.16. The van der Waals surface area contributed by atoms with Gasteiger partial charge in [0.2, 0.25) is 0 Å². The third-order valence-electron chi connectivity index (χ3n) is 5.98. The number of hydrogen-bond acceptors (Lipinski definition) is 2. The van der Waals surface area contributed by atoms with Crippen LogP contribution in [0.15, 0.2) is 103 Å². The molecule has 1 amide bonds. The van der Waals surface area contributed by atoms with Gasteiger partial charge in [-0.25, -0.2) is 0 Å². The van der Waals surface area contributed by atoms with Crippen LogP contribution in [0.5, 0.6) is 5.75 Å². The fourth-order valence-corrected chi connectivity index (χ4v) is 8.40. The summed E-state index contributed by atoms with van der Waals surface area (Å²) >= 11 is 0. The zero-order valence-electron chi connectivity index (χ0n) is 19.9. The molecule has 0 aromatic heterocycles. The molecule has 4 rings (SSSR count). The van der Waals surface area contributed by atoms with Gasteiger partial charge in [-0.3, -0.25) is 4.79 Å². The molecule has 1 N–H and O–H groups in total. The van der Waals surface area contributed by atoms with Gasteiger partial charge < -0.3 is 10.1 Å². The van der Waals surface area contributed by atoms with E-state index < -0.39 is 7.26 Å². The van der Waals surface area contributed by atoms with E-state index in [1.165, 1.54) is 15.9 Å². The second-order valence-corrected chi connectivity index (χ2v) is 11.6. The SMILES string of the molecule is COc1cc(C)c(NC(=O)C[P+](c2ccccc2)(c2ccccc2)c2ccccc2)c(C)c1.[Y]. The molecule has 34 heavy (non-hydrogen) atoms. The molecule has 0 saturated carbocycles. The minimum Gasteiger partial charge on any atom is -0.497 e. The molecule has 0 unspecified atom stereocenters. The standard InChI is InChI=1S/C29H28NO2P.Y/c1-22-19-24(32-3)20-23(2)29(22)30-28(31)21-33(25-13-7-4-8-14-25,26-15-9-5-10-16-26)27-17-11-6-12-18-27;/h4-20H,21H2,1-3H3;/p+1. The Bertz CT molecular complexity index is 1110. The van der Waals surface area contributed by atoms with Crippen molar-refractivity contribution >= 4 is 34.8 Å². The number of nitrogens with one attached hydrogen (secondary N) is 1. The van der Waals surface area contributed by atoms with Crippen LogP contribution in [-0.4, -0.2) is 19.2 Å². The minimum absolute atomic E-state index is 0. The number of carbonyl (C=O) groups is 1. The molecule has 3 nitrogen and oxygen atoms in total. The molecule has 0 heterocycles. The number of hydrogen-bond donors (Lipinski definition) is 1. The third-order valence-corrected chi connectivity index (χ3v) is 10.3. The van der Waals surface area contributed by atoms with Gasteiger partial charge in [0.1, 0.15) is 28.9 Å². The van der Waals surface area contributed by atoms with Crippen LogP contribution >= 0.6 is 7.26 Å². The maximum atomic E-state index is 13.7. The molecular weight excluding hydrogens is 514 g/mol. The Morgan fingerprint density at radius 1 is 0.735 bits per heavy atom. The molecule has 169 valence electrons. The largest absolute Gasteiger partial charge is 0.497 e. The number of methoxy groups -OCH3 is 1. The third kappa shape index (κ3) is 5.49. The average molecular weight is 543 g/mol. The van der Waals surface area contributed by atoms with E-state index in [0.29, 0.717) is 6.16 Å². The fraction of sp³-hybridized carbons (Fsp3) is 0.138. The van der Waals surface area contributed by atoms with E-state index in [2.05, 4.69) is 78.1 Å². The van der Waals surface area contributed by atoms with E-state index in [0.717, 1.165) is 22.6 Å². The summed E-state index contributed by atoms with van der Waals surface area (Å²) in [4.78, 5) is 13.7. The van der Waals surface area contributed by atoms with Crippen LogP contribution in [0, 0.1) is 13.8 Å². The molecule has 0 saturated heterocycles. The van der Waals surface area contributed by atoms with Gasteiger partial charge in [0.25, 0.3) is 5.91 Å². The summed E-state index contributed by atoms with van der Waals surface area (Å²) in [5.74, 6) is 0.805. The topological polar surface area (TPSA) is 38.3 Å². The second kappa shape index (κ2) is 11.9. The number of carbonyl (C=O) groups excluding carboxylic acids is 1. The Balaban J connectivity index is 0.00000324. The Morgan fingerprint density at radius 2 is 1.12 bits per heavy atom. The van der Waals surface area contributed by atoms with Gasteiger partial charge in [-0.05, 0) is 73.5 Å². The fourth-order valence-electron chi connectivity index (χ4n) is 4.40. The first kappa shape index (κ1) is 26.3. The molecule has 0 spiro atoms. The molecule has 0 fully saturated rings. The smallest absolute Gasteiger partial charge is 0.263 e. The zero-order chi connectivity index (χ0) is 23.3. The van der Waals surface area contributed by atoms with Crippen LogP contribution in [-0.2, 0) is 37.5 Å². The van der Waals surface area contributed by atoms with Crippen molar-refractivity contribution in [2.45, 2.75) is 13.8 Å². The maximum absolute atomic E-state index is 13.7. The van der Waals surface area contributed by atoms with E-state index in [1.807, 2.05) is 44.2 Å². The van der Waals surface area contributed by atoms with Crippen molar-refractivity contribution in [3.8, 4) is 5.75 Å². The molecule has 0 aliphatic rings. The Morgan fingerprint density at radius 3 is 1.47 bits per heavy atom. The summed E-state index contributed by atoms with van der Waals surface area (Å²) in [6.45, 7) is 4.00. The molecule has 0 bridgehead atoms. The molecule has 5 heteroatoms.